The third kappa shape index (κ3) is 4.49. The Bertz CT molecular complexity index is 872. The lowest BCUT2D eigenvalue weighted by atomic mass is 9.93. The van der Waals surface area contributed by atoms with Crippen molar-refractivity contribution >= 4 is 17.5 Å². The van der Waals surface area contributed by atoms with E-state index in [0.717, 1.165) is 31.5 Å². The van der Waals surface area contributed by atoms with Crippen molar-refractivity contribution in [2.45, 2.75) is 31.7 Å². The van der Waals surface area contributed by atoms with E-state index >= 15 is 0 Å². The number of hydrogen-bond acceptors (Lipinski definition) is 4. The lowest BCUT2D eigenvalue weighted by Crippen LogP contribution is -2.46. The van der Waals surface area contributed by atoms with E-state index in [0.29, 0.717) is 31.6 Å². The third-order valence-electron chi connectivity index (χ3n) is 6.19. The summed E-state index contributed by atoms with van der Waals surface area (Å²) in [5.74, 6) is 0.0527. The Morgan fingerprint density at radius 3 is 2.20 bits per heavy atom. The maximum Gasteiger partial charge on any atom is 0.244 e. The van der Waals surface area contributed by atoms with Crippen LogP contribution in [0.2, 0.25) is 0 Å². The van der Waals surface area contributed by atoms with Crippen LogP contribution in [-0.2, 0) is 9.59 Å². The second-order valence-corrected chi connectivity index (χ2v) is 8.16. The first kappa shape index (κ1) is 20.4. The van der Waals surface area contributed by atoms with Crippen LogP contribution in [0.1, 0.15) is 37.3 Å². The molecule has 6 heteroatoms. The van der Waals surface area contributed by atoms with E-state index in [2.05, 4.69) is 10.2 Å². The molecule has 2 amide bonds. The molecule has 2 N–H and O–H groups in total. The Balaban J connectivity index is 1.43. The SMILES string of the molecule is O=C(Nc1ccccc1O)C1CCN([C@H](C(=O)N2CCCC2)c2ccccc2)CC1. The molecule has 2 aliphatic heterocycles. The van der Waals surface area contributed by atoms with Crippen LogP contribution >= 0.6 is 0 Å². The summed E-state index contributed by atoms with van der Waals surface area (Å²) in [5, 5.41) is 12.7. The molecule has 0 aromatic heterocycles. The highest BCUT2D eigenvalue weighted by atomic mass is 16.3. The lowest BCUT2D eigenvalue weighted by molar-refractivity contribution is -0.137. The highest BCUT2D eigenvalue weighted by Gasteiger charge is 2.35. The molecule has 2 aliphatic rings. The number of anilines is 1. The van der Waals surface area contributed by atoms with E-state index in [1.807, 2.05) is 35.2 Å². The molecule has 6 nitrogen and oxygen atoms in total. The molecule has 0 aliphatic carbocycles. The zero-order valence-electron chi connectivity index (χ0n) is 17.2. The van der Waals surface area contributed by atoms with Crippen molar-refractivity contribution in [2.24, 2.45) is 5.92 Å². The molecular weight excluding hydrogens is 378 g/mol. The van der Waals surface area contributed by atoms with Gasteiger partial charge in [0.1, 0.15) is 11.8 Å². The fourth-order valence-electron chi connectivity index (χ4n) is 4.49. The lowest BCUT2D eigenvalue weighted by Gasteiger charge is -2.38. The Labute approximate surface area is 177 Å². The van der Waals surface area contributed by atoms with Crippen LogP contribution < -0.4 is 5.32 Å². The molecule has 2 heterocycles. The molecular formula is C24H29N3O3. The van der Waals surface area contributed by atoms with E-state index < -0.39 is 0 Å². The van der Waals surface area contributed by atoms with Crippen LogP contribution in [0, 0.1) is 5.92 Å². The standard InChI is InChI=1S/C24H29N3O3/c28-21-11-5-4-10-20(21)25-23(29)19-12-16-26(17-13-19)22(18-8-2-1-3-9-18)24(30)27-14-6-7-15-27/h1-5,8-11,19,22,28H,6-7,12-17H2,(H,25,29)/t22-/m0/s1. The van der Waals surface area contributed by atoms with Gasteiger partial charge < -0.3 is 15.3 Å². The quantitative estimate of drug-likeness (QED) is 0.745. The number of carbonyl (C=O) groups is 2. The predicted octanol–water partition coefficient (Wildman–Crippen LogP) is 3.41. The third-order valence-corrected chi connectivity index (χ3v) is 6.19. The molecule has 0 spiro atoms. The van der Waals surface area contributed by atoms with Crippen LogP contribution in [0.3, 0.4) is 0 Å². The number of rotatable bonds is 5. The minimum absolute atomic E-state index is 0.0710. The molecule has 158 valence electrons. The summed E-state index contributed by atoms with van der Waals surface area (Å²) in [7, 11) is 0. The van der Waals surface area contributed by atoms with Gasteiger partial charge in [-0.15, -0.1) is 0 Å². The van der Waals surface area contributed by atoms with Crippen LogP contribution in [0.4, 0.5) is 5.69 Å². The van der Waals surface area contributed by atoms with Crippen molar-refractivity contribution in [1.29, 1.82) is 0 Å². The van der Waals surface area contributed by atoms with E-state index in [9.17, 15) is 14.7 Å². The van der Waals surface area contributed by atoms with E-state index in [4.69, 9.17) is 0 Å². The topological polar surface area (TPSA) is 72.9 Å². The van der Waals surface area contributed by atoms with E-state index in [-0.39, 0.29) is 29.5 Å². The van der Waals surface area contributed by atoms with Crippen molar-refractivity contribution in [1.82, 2.24) is 9.80 Å². The minimum atomic E-state index is -0.286. The van der Waals surface area contributed by atoms with Crippen LogP contribution in [0.25, 0.3) is 0 Å². The molecule has 2 aromatic carbocycles. The maximum absolute atomic E-state index is 13.3. The maximum atomic E-state index is 13.3. The van der Waals surface area contributed by atoms with Gasteiger partial charge in [0.15, 0.2) is 0 Å². The molecule has 2 fully saturated rings. The molecule has 1 atom stereocenters. The first-order valence-electron chi connectivity index (χ1n) is 10.8. The van der Waals surface area contributed by atoms with Gasteiger partial charge in [-0.2, -0.15) is 0 Å². The zero-order valence-corrected chi connectivity index (χ0v) is 17.2. The highest BCUT2D eigenvalue weighted by Crippen LogP contribution is 2.31. The molecule has 0 radical (unpaired) electrons. The molecule has 2 saturated heterocycles. The van der Waals surface area contributed by atoms with Gasteiger partial charge in [-0.1, -0.05) is 42.5 Å². The second kappa shape index (κ2) is 9.30. The molecule has 0 bridgehead atoms. The van der Waals surface area contributed by atoms with Crippen molar-refractivity contribution in [3.05, 3.63) is 60.2 Å². The highest BCUT2D eigenvalue weighted by molar-refractivity contribution is 5.94. The summed E-state index contributed by atoms with van der Waals surface area (Å²) in [6.07, 6.45) is 3.52. The average Bonchev–Trinajstić information content (AvgIpc) is 3.32. The molecule has 2 aromatic rings. The minimum Gasteiger partial charge on any atom is -0.506 e. The number of carbonyl (C=O) groups excluding carboxylic acids is 2. The van der Waals surface area contributed by atoms with E-state index in [1.54, 1.807) is 24.3 Å². The summed E-state index contributed by atoms with van der Waals surface area (Å²) in [4.78, 5) is 30.2. The normalized spacial score (nSPS) is 18.9. The fraction of sp³-hybridized carbons (Fsp3) is 0.417. The Morgan fingerprint density at radius 2 is 1.53 bits per heavy atom. The number of nitrogens with zero attached hydrogens (tertiary/aromatic N) is 2. The summed E-state index contributed by atoms with van der Waals surface area (Å²) in [5.41, 5.74) is 1.46. The van der Waals surface area contributed by atoms with Crippen LogP contribution in [-0.4, -0.2) is 52.9 Å². The van der Waals surface area contributed by atoms with Gasteiger partial charge in [-0.05, 0) is 56.5 Å². The first-order valence-corrected chi connectivity index (χ1v) is 10.8. The van der Waals surface area contributed by atoms with Crippen molar-refractivity contribution in [2.75, 3.05) is 31.5 Å². The predicted molar refractivity (Wildman–Crippen MR) is 116 cm³/mol. The van der Waals surface area contributed by atoms with Gasteiger partial charge in [0.05, 0.1) is 5.69 Å². The molecule has 30 heavy (non-hydrogen) atoms. The number of hydrogen-bond donors (Lipinski definition) is 2. The smallest absolute Gasteiger partial charge is 0.244 e. The van der Waals surface area contributed by atoms with Crippen molar-refractivity contribution < 1.29 is 14.7 Å². The van der Waals surface area contributed by atoms with E-state index in [1.165, 1.54) is 0 Å². The average molecular weight is 408 g/mol. The largest absolute Gasteiger partial charge is 0.506 e. The number of benzene rings is 2. The van der Waals surface area contributed by atoms with Gasteiger partial charge >= 0.3 is 0 Å². The van der Waals surface area contributed by atoms with Crippen LogP contribution in [0.5, 0.6) is 5.75 Å². The molecule has 0 saturated carbocycles. The Hall–Kier alpha value is -2.86. The monoisotopic (exact) mass is 407 g/mol. The molecule has 0 unspecified atom stereocenters. The zero-order chi connectivity index (χ0) is 20.9. The number of nitrogens with one attached hydrogen (secondary N) is 1. The summed E-state index contributed by atoms with van der Waals surface area (Å²) in [6.45, 7) is 3.05. The second-order valence-electron chi connectivity index (χ2n) is 8.16. The number of aromatic hydroxyl groups is 1. The summed E-state index contributed by atoms with van der Waals surface area (Å²) in [6, 6.07) is 16.5. The fourth-order valence-corrected chi connectivity index (χ4v) is 4.49. The number of likely N-dealkylation sites (tertiary alicyclic amines) is 2. The van der Waals surface area contributed by atoms with Gasteiger partial charge in [0.25, 0.3) is 0 Å². The van der Waals surface area contributed by atoms with Gasteiger partial charge in [-0.25, -0.2) is 0 Å². The Kier molecular flexibility index (Phi) is 6.33. The van der Waals surface area contributed by atoms with Crippen LogP contribution in [0.15, 0.2) is 54.6 Å². The summed E-state index contributed by atoms with van der Waals surface area (Å²) >= 11 is 0. The number of para-hydroxylation sites is 2. The molecule has 4 rings (SSSR count). The van der Waals surface area contributed by atoms with Crippen molar-refractivity contribution in [3.63, 3.8) is 0 Å². The van der Waals surface area contributed by atoms with Gasteiger partial charge in [0.2, 0.25) is 11.8 Å². The van der Waals surface area contributed by atoms with Crippen molar-refractivity contribution in [3.8, 4) is 5.75 Å². The van der Waals surface area contributed by atoms with Gasteiger partial charge in [-0.3, -0.25) is 14.5 Å². The summed E-state index contributed by atoms with van der Waals surface area (Å²) < 4.78 is 0. The van der Waals surface area contributed by atoms with Gasteiger partial charge in [0, 0.05) is 19.0 Å². The number of phenolic OH excluding ortho intramolecular Hbond substituents is 1. The number of piperidine rings is 1. The number of phenols is 1. The Morgan fingerprint density at radius 1 is 0.900 bits per heavy atom. The first-order chi connectivity index (χ1) is 14.6. The number of amides is 2.